The number of hydrogen-bond acceptors (Lipinski definition) is 7. The van der Waals surface area contributed by atoms with Gasteiger partial charge in [0.15, 0.2) is 5.82 Å². The van der Waals surface area contributed by atoms with Gasteiger partial charge in [-0.1, -0.05) is 12.1 Å². The van der Waals surface area contributed by atoms with Gasteiger partial charge in [0.1, 0.15) is 11.6 Å². The highest BCUT2D eigenvalue weighted by molar-refractivity contribution is 7.89. The van der Waals surface area contributed by atoms with Crippen LogP contribution in [0.3, 0.4) is 0 Å². The number of ether oxygens (including phenoxy) is 1. The van der Waals surface area contributed by atoms with E-state index in [1.54, 1.807) is 59.7 Å². The Morgan fingerprint density at radius 3 is 2.91 bits per heavy atom. The van der Waals surface area contributed by atoms with Crippen LogP contribution in [-0.4, -0.2) is 59.5 Å². The van der Waals surface area contributed by atoms with E-state index in [1.807, 2.05) is 4.90 Å². The van der Waals surface area contributed by atoms with Crippen LogP contribution in [0.2, 0.25) is 0 Å². The molecule has 2 aliphatic rings. The maximum Gasteiger partial charge on any atom is 0.259 e. The van der Waals surface area contributed by atoms with Gasteiger partial charge in [0.25, 0.3) is 15.9 Å². The molecular weight excluding hydrogens is 456 g/mol. The summed E-state index contributed by atoms with van der Waals surface area (Å²) in [6.45, 7) is 1.62. The van der Waals surface area contributed by atoms with Crippen LogP contribution in [-0.2, 0) is 15.8 Å². The molecular formula is C23H24N6O4S. The molecule has 5 rings (SSSR count). The Labute approximate surface area is 197 Å². The topological polar surface area (TPSA) is 133 Å². The Kier molecular flexibility index (Phi) is 5.78. The smallest absolute Gasteiger partial charge is 0.259 e. The van der Waals surface area contributed by atoms with Crippen molar-refractivity contribution in [3.05, 3.63) is 71.7 Å². The fourth-order valence-electron chi connectivity index (χ4n) is 4.39. The molecule has 0 spiro atoms. The molecule has 11 heteroatoms. The molecule has 0 aliphatic carbocycles. The number of pyridine rings is 1. The third kappa shape index (κ3) is 4.51. The highest BCUT2D eigenvalue weighted by Crippen LogP contribution is 2.29. The first-order chi connectivity index (χ1) is 16.4. The number of likely N-dealkylation sites (tertiary alicyclic amines) is 1. The van der Waals surface area contributed by atoms with Crippen LogP contribution in [0.1, 0.15) is 34.3 Å². The van der Waals surface area contributed by atoms with Gasteiger partial charge in [0.05, 0.1) is 17.9 Å². The summed E-state index contributed by atoms with van der Waals surface area (Å²) in [4.78, 5) is 19.3. The molecule has 10 nitrogen and oxygen atoms in total. The highest BCUT2D eigenvalue weighted by atomic mass is 32.2. The number of nitrogens with two attached hydrogens (primary N) is 1. The molecule has 0 radical (unpaired) electrons. The molecule has 1 aromatic carbocycles. The van der Waals surface area contributed by atoms with Crippen LogP contribution in [0, 0.1) is 5.92 Å². The standard InChI is InChI=1S/C23H24N6O4S/c24-22-21-18(15-34(31,32)27-22)5-1-6-19(21)33-14-16-4-2-10-28(13-16)23(30)17-7-9-25-20(12-17)29-11-3-8-26-29/h1,3,5-9,11-12,16H,2,4,10,13-15H2,(H2,24,27)/t16-/m0/s1. The Morgan fingerprint density at radius 1 is 1.21 bits per heavy atom. The maximum absolute atomic E-state index is 13.2. The number of sulfonamides is 1. The highest BCUT2D eigenvalue weighted by Gasteiger charge is 2.28. The molecule has 1 saturated heterocycles. The lowest BCUT2D eigenvalue weighted by molar-refractivity contribution is 0.0633. The number of carbonyl (C=O) groups excluding carboxylic acids is 1. The lowest BCUT2D eigenvalue weighted by atomic mass is 9.98. The number of fused-ring (bicyclic) bond motifs is 1. The van der Waals surface area contributed by atoms with Gasteiger partial charge in [-0.2, -0.15) is 5.10 Å². The summed E-state index contributed by atoms with van der Waals surface area (Å²) >= 11 is 0. The van der Waals surface area contributed by atoms with E-state index in [0.29, 0.717) is 48.0 Å². The molecule has 1 atom stereocenters. The van der Waals surface area contributed by atoms with Crippen molar-refractivity contribution >= 4 is 21.8 Å². The molecule has 2 aliphatic heterocycles. The summed E-state index contributed by atoms with van der Waals surface area (Å²) in [6.07, 6.45) is 6.84. The summed E-state index contributed by atoms with van der Waals surface area (Å²) in [7, 11) is -3.60. The average molecular weight is 481 g/mol. The quantitative estimate of drug-likeness (QED) is 0.588. The van der Waals surface area contributed by atoms with Crippen LogP contribution in [0.4, 0.5) is 0 Å². The number of nitrogens with zero attached hydrogens (tertiary/aromatic N) is 5. The molecule has 0 bridgehead atoms. The molecule has 2 aromatic heterocycles. The Balaban J connectivity index is 1.27. The molecule has 1 fully saturated rings. The summed E-state index contributed by atoms with van der Waals surface area (Å²) in [5, 5.41) is 4.17. The lowest BCUT2D eigenvalue weighted by Gasteiger charge is -2.33. The number of rotatable bonds is 5. The second kappa shape index (κ2) is 8.90. The molecule has 176 valence electrons. The minimum atomic E-state index is -3.60. The minimum Gasteiger partial charge on any atom is -0.492 e. The van der Waals surface area contributed by atoms with E-state index >= 15 is 0 Å². The fourth-order valence-corrected chi connectivity index (χ4v) is 5.48. The predicted molar refractivity (Wildman–Crippen MR) is 125 cm³/mol. The first kappa shape index (κ1) is 22.1. The fraction of sp³-hybridized carbons (Fsp3) is 0.304. The van der Waals surface area contributed by atoms with Crippen LogP contribution in [0.5, 0.6) is 5.75 Å². The van der Waals surface area contributed by atoms with Gasteiger partial charge >= 0.3 is 0 Å². The minimum absolute atomic E-state index is 0.0528. The second-order valence-corrected chi connectivity index (χ2v) is 10.1. The van der Waals surface area contributed by atoms with Gasteiger partial charge in [-0.15, -0.1) is 4.40 Å². The third-order valence-electron chi connectivity index (χ3n) is 5.96. The van der Waals surface area contributed by atoms with E-state index in [2.05, 4.69) is 14.5 Å². The number of carbonyl (C=O) groups is 1. The molecule has 4 heterocycles. The summed E-state index contributed by atoms with van der Waals surface area (Å²) in [5.74, 6) is 0.921. The van der Waals surface area contributed by atoms with Crippen molar-refractivity contribution in [3.8, 4) is 11.6 Å². The molecule has 0 saturated carbocycles. The second-order valence-electron chi connectivity index (χ2n) is 8.42. The van der Waals surface area contributed by atoms with Gasteiger partial charge in [-0.05, 0) is 42.7 Å². The van der Waals surface area contributed by atoms with E-state index in [-0.39, 0.29) is 23.4 Å². The molecule has 34 heavy (non-hydrogen) atoms. The predicted octanol–water partition coefficient (Wildman–Crippen LogP) is 1.75. The zero-order chi connectivity index (χ0) is 23.7. The normalized spacial score (nSPS) is 19.2. The van der Waals surface area contributed by atoms with Gasteiger partial charge in [-0.3, -0.25) is 4.79 Å². The zero-order valence-corrected chi connectivity index (χ0v) is 19.2. The van der Waals surface area contributed by atoms with Crippen LogP contribution in [0.15, 0.2) is 59.4 Å². The van der Waals surface area contributed by atoms with Crippen molar-refractivity contribution in [2.75, 3.05) is 19.7 Å². The summed E-state index contributed by atoms with van der Waals surface area (Å²) < 4.78 is 35.1. The lowest BCUT2D eigenvalue weighted by Crippen LogP contribution is -2.41. The van der Waals surface area contributed by atoms with Crippen LogP contribution in [0.25, 0.3) is 5.82 Å². The number of aromatic nitrogens is 3. The van der Waals surface area contributed by atoms with Crippen molar-refractivity contribution in [3.63, 3.8) is 0 Å². The van der Waals surface area contributed by atoms with Gasteiger partial charge < -0.3 is 15.4 Å². The number of amides is 1. The van der Waals surface area contributed by atoms with E-state index < -0.39 is 10.0 Å². The Morgan fingerprint density at radius 2 is 2.09 bits per heavy atom. The van der Waals surface area contributed by atoms with Gasteiger partial charge in [0, 0.05) is 43.2 Å². The summed E-state index contributed by atoms with van der Waals surface area (Å²) in [5.41, 5.74) is 7.60. The van der Waals surface area contributed by atoms with Crippen molar-refractivity contribution in [1.29, 1.82) is 0 Å². The van der Waals surface area contributed by atoms with E-state index in [0.717, 1.165) is 12.8 Å². The molecule has 1 amide bonds. The van der Waals surface area contributed by atoms with Gasteiger partial charge in [-0.25, -0.2) is 18.1 Å². The number of piperidine rings is 1. The largest absolute Gasteiger partial charge is 0.492 e. The van der Waals surface area contributed by atoms with Crippen molar-refractivity contribution < 1.29 is 17.9 Å². The summed E-state index contributed by atoms with van der Waals surface area (Å²) in [6, 6.07) is 10.5. The Hall–Kier alpha value is -3.73. The molecule has 0 unspecified atom stereocenters. The Bertz CT molecular complexity index is 1350. The van der Waals surface area contributed by atoms with E-state index in [4.69, 9.17) is 10.5 Å². The average Bonchev–Trinajstić information content (AvgIpc) is 3.37. The van der Waals surface area contributed by atoms with Crippen molar-refractivity contribution in [2.45, 2.75) is 18.6 Å². The number of benzene rings is 1. The van der Waals surface area contributed by atoms with E-state index in [1.165, 1.54) is 0 Å². The molecule has 2 N–H and O–H groups in total. The van der Waals surface area contributed by atoms with E-state index in [9.17, 15) is 13.2 Å². The first-order valence-corrected chi connectivity index (χ1v) is 12.6. The van der Waals surface area contributed by atoms with Crippen molar-refractivity contribution in [2.24, 2.45) is 16.0 Å². The van der Waals surface area contributed by atoms with Crippen molar-refractivity contribution in [1.82, 2.24) is 19.7 Å². The first-order valence-electron chi connectivity index (χ1n) is 11.0. The van der Waals surface area contributed by atoms with Gasteiger partial charge in [0.2, 0.25) is 0 Å². The SMILES string of the molecule is NC1=NS(=O)(=O)Cc2cccc(OC[C@H]3CCCN(C(=O)c4ccnc(-n5cccn5)c4)C3)c21. The number of hydrogen-bond donors (Lipinski definition) is 1. The third-order valence-corrected chi connectivity index (χ3v) is 7.11. The van der Waals surface area contributed by atoms with Crippen LogP contribution < -0.4 is 10.5 Å². The molecule has 3 aromatic rings. The zero-order valence-electron chi connectivity index (χ0n) is 18.4. The maximum atomic E-state index is 13.2. The number of amidine groups is 1. The monoisotopic (exact) mass is 480 g/mol. The van der Waals surface area contributed by atoms with Crippen LogP contribution >= 0.6 is 0 Å².